The van der Waals surface area contributed by atoms with Crippen LogP contribution in [0, 0.1) is 0 Å². The van der Waals surface area contributed by atoms with Gasteiger partial charge in [0.1, 0.15) is 5.75 Å². The van der Waals surface area contributed by atoms with Gasteiger partial charge in [0.2, 0.25) is 0 Å². The second-order valence-corrected chi connectivity index (χ2v) is 5.37. The van der Waals surface area contributed by atoms with Crippen LogP contribution in [0.3, 0.4) is 0 Å². The first-order valence-electron chi connectivity index (χ1n) is 6.25. The number of halogens is 1. The SMILES string of the molecule is COc1ccc(C(=O)O)c(CCc2ccc(Br)cc2)c1. The van der Waals surface area contributed by atoms with E-state index in [-0.39, 0.29) is 0 Å². The van der Waals surface area contributed by atoms with Crippen molar-refractivity contribution in [3.8, 4) is 5.75 Å². The van der Waals surface area contributed by atoms with Crippen LogP contribution in [0.5, 0.6) is 5.75 Å². The van der Waals surface area contributed by atoms with E-state index < -0.39 is 5.97 Å². The Morgan fingerprint density at radius 3 is 2.45 bits per heavy atom. The number of hydrogen-bond acceptors (Lipinski definition) is 2. The van der Waals surface area contributed by atoms with E-state index in [9.17, 15) is 9.90 Å². The van der Waals surface area contributed by atoms with E-state index in [0.717, 1.165) is 16.5 Å². The molecule has 2 rings (SSSR count). The minimum Gasteiger partial charge on any atom is -0.497 e. The molecule has 0 atom stereocenters. The summed E-state index contributed by atoms with van der Waals surface area (Å²) in [4.78, 5) is 11.2. The molecule has 0 radical (unpaired) electrons. The molecule has 0 unspecified atom stereocenters. The molecule has 0 spiro atoms. The number of carboxylic acids is 1. The predicted molar refractivity (Wildman–Crippen MR) is 81.5 cm³/mol. The first kappa shape index (κ1) is 14.6. The van der Waals surface area contributed by atoms with Crippen molar-refractivity contribution in [2.75, 3.05) is 7.11 Å². The van der Waals surface area contributed by atoms with Crippen LogP contribution in [0.4, 0.5) is 0 Å². The number of rotatable bonds is 5. The second kappa shape index (κ2) is 6.57. The van der Waals surface area contributed by atoms with Crippen molar-refractivity contribution < 1.29 is 14.6 Å². The number of carboxylic acid groups (broad SMARTS) is 1. The molecule has 0 aromatic heterocycles. The molecule has 2 aromatic carbocycles. The number of ether oxygens (including phenoxy) is 1. The Morgan fingerprint density at radius 2 is 1.85 bits per heavy atom. The third kappa shape index (κ3) is 3.61. The van der Waals surface area contributed by atoms with Crippen molar-refractivity contribution in [2.45, 2.75) is 12.8 Å². The maximum atomic E-state index is 11.2. The number of carbonyl (C=O) groups is 1. The van der Waals surface area contributed by atoms with Gasteiger partial charge < -0.3 is 9.84 Å². The average Bonchev–Trinajstić information content (AvgIpc) is 2.46. The molecule has 4 heteroatoms. The van der Waals surface area contributed by atoms with Gasteiger partial charge in [-0.05, 0) is 54.3 Å². The van der Waals surface area contributed by atoms with Crippen LogP contribution in [0.1, 0.15) is 21.5 Å². The van der Waals surface area contributed by atoms with Crippen molar-refractivity contribution in [3.05, 3.63) is 63.6 Å². The molecular weight excluding hydrogens is 320 g/mol. The number of aromatic carboxylic acids is 1. The Kier molecular flexibility index (Phi) is 4.79. The third-order valence-corrected chi connectivity index (χ3v) is 3.67. The van der Waals surface area contributed by atoms with E-state index in [1.165, 1.54) is 5.56 Å². The highest BCUT2D eigenvalue weighted by atomic mass is 79.9. The van der Waals surface area contributed by atoms with Gasteiger partial charge in [-0.25, -0.2) is 4.79 Å². The molecule has 1 N–H and O–H groups in total. The zero-order chi connectivity index (χ0) is 14.5. The lowest BCUT2D eigenvalue weighted by Gasteiger charge is -2.09. The van der Waals surface area contributed by atoms with Crippen LogP contribution in [0.25, 0.3) is 0 Å². The molecule has 104 valence electrons. The Bertz CT molecular complexity index is 606. The van der Waals surface area contributed by atoms with Crippen LogP contribution in [0.15, 0.2) is 46.9 Å². The van der Waals surface area contributed by atoms with Gasteiger partial charge >= 0.3 is 5.97 Å². The van der Waals surface area contributed by atoms with E-state index in [4.69, 9.17) is 4.74 Å². The molecule has 0 saturated heterocycles. The molecule has 0 saturated carbocycles. The summed E-state index contributed by atoms with van der Waals surface area (Å²) in [7, 11) is 1.58. The predicted octanol–water partition coefficient (Wildman–Crippen LogP) is 3.94. The summed E-state index contributed by atoms with van der Waals surface area (Å²) in [5.74, 6) is -0.223. The maximum Gasteiger partial charge on any atom is 0.335 e. The zero-order valence-electron chi connectivity index (χ0n) is 11.1. The smallest absolute Gasteiger partial charge is 0.335 e. The fourth-order valence-corrected chi connectivity index (χ4v) is 2.31. The molecule has 3 nitrogen and oxygen atoms in total. The summed E-state index contributed by atoms with van der Waals surface area (Å²) in [6.45, 7) is 0. The molecule has 0 bridgehead atoms. The molecular formula is C16H15BrO3. The van der Waals surface area contributed by atoms with Gasteiger partial charge in [0, 0.05) is 4.47 Å². The third-order valence-electron chi connectivity index (χ3n) is 3.14. The van der Waals surface area contributed by atoms with Gasteiger partial charge in [-0.2, -0.15) is 0 Å². The monoisotopic (exact) mass is 334 g/mol. The van der Waals surface area contributed by atoms with Gasteiger partial charge in [-0.15, -0.1) is 0 Å². The van der Waals surface area contributed by atoms with Crippen LogP contribution >= 0.6 is 15.9 Å². The molecule has 0 heterocycles. The topological polar surface area (TPSA) is 46.5 Å². The molecule has 0 fully saturated rings. The number of aryl methyl sites for hydroxylation is 2. The van der Waals surface area contributed by atoms with Crippen molar-refractivity contribution in [1.82, 2.24) is 0 Å². The Hall–Kier alpha value is -1.81. The first-order chi connectivity index (χ1) is 9.60. The van der Waals surface area contributed by atoms with Gasteiger partial charge in [-0.1, -0.05) is 28.1 Å². The number of benzene rings is 2. The van der Waals surface area contributed by atoms with Crippen LogP contribution < -0.4 is 4.74 Å². The molecule has 0 aliphatic carbocycles. The first-order valence-corrected chi connectivity index (χ1v) is 7.04. The summed E-state index contributed by atoms with van der Waals surface area (Å²) in [5, 5.41) is 9.22. The Labute approximate surface area is 126 Å². The maximum absolute atomic E-state index is 11.2. The van der Waals surface area contributed by atoms with Crippen LogP contribution in [-0.2, 0) is 12.8 Å². The molecule has 0 amide bonds. The van der Waals surface area contributed by atoms with E-state index >= 15 is 0 Å². The highest BCUT2D eigenvalue weighted by Crippen LogP contribution is 2.20. The minimum atomic E-state index is -0.904. The van der Waals surface area contributed by atoms with Crippen molar-refractivity contribution >= 4 is 21.9 Å². The number of hydrogen-bond donors (Lipinski definition) is 1. The Morgan fingerprint density at radius 1 is 1.15 bits per heavy atom. The normalized spacial score (nSPS) is 10.3. The van der Waals surface area contributed by atoms with Gasteiger partial charge in [0.25, 0.3) is 0 Å². The summed E-state index contributed by atoms with van der Waals surface area (Å²) < 4.78 is 6.19. The van der Waals surface area contributed by atoms with E-state index in [2.05, 4.69) is 15.9 Å². The molecule has 0 aliphatic heterocycles. The van der Waals surface area contributed by atoms with Crippen LogP contribution in [-0.4, -0.2) is 18.2 Å². The van der Waals surface area contributed by atoms with Crippen molar-refractivity contribution in [3.63, 3.8) is 0 Å². The summed E-state index contributed by atoms with van der Waals surface area (Å²) in [5.41, 5.74) is 2.30. The van der Waals surface area contributed by atoms with E-state index in [0.29, 0.717) is 17.7 Å². The highest BCUT2D eigenvalue weighted by Gasteiger charge is 2.11. The summed E-state index contributed by atoms with van der Waals surface area (Å²) in [6.07, 6.45) is 1.46. The van der Waals surface area contributed by atoms with Crippen molar-refractivity contribution in [1.29, 1.82) is 0 Å². The van der Waals surface area contributed by atoms with E-state index in [1.807, 2.05) is 24.3 Å². The number of methoxy groups -OCH3 is 1. The van der Waals surface area contributed by atoms with Crippen LogP contribution in [0.2, 0.25) is 0 Å². The van der Waals surface area contributed by atoms with Gasteiger partial charge in [0.05, 0.1) is 12.7 Å². The lowest BCUT2D eigenvalue weighted by atomic mass is 9.99. The molecule has 20 heavy (non-hydrogen) atoms. The van der Waals surface area contributed by atoms with Crippen molar-refractivity contribution in [2.24, 2.45) is 0 Å². The molecule has 2 aromatic rings. The lowest BCUT2D eigenvalue weighted by molar-refractivity contribution is 0.0695. The highest BCUT2D eigenvalue weighted by molar-refractivity contribution is 9.10. The second-order valence-electron chi connectivity index (χ2n) is 4.45. The fraction of sp³-hybridized carbons (Fsp3) is 0.188. The summed E-state index contributed by atoms with van der Waals surface area (Å²) >= 11 is 3.40. The quantitative estimate of drug-likeness (QED) is 0.900. The molecule has 0 aliphatic rings. The fourth-order valence-electron chi connectivity index (χ4n) is 2.04. The van der Waals surface area contributed by atoms with Gasteiger partial charge in [0.15, 0.2) is 0 Å². The average molecular weight is 335 g/mol. The Balaban J connectivity index is 2.18. The van der Waals surface area contributed by atoms with E-state index in [1.54, 1.807) is 25.3 Å². The zero-order valence-corrected chi connectivity index (χ0v) is 12.7. The standard InChI is InChI=1S/C16H15BrO3/c1-20-14-8-9-15(16(18)19)12(10-14)5-2-11-3-6-13(17)7-4-11/h3-4,6-10H,2,5H2,1H3,(H,18,19). The van der Waals surface area contributed by atoms with Gasteiger partial charge in [-0.3, -0.25) is 0 Å². The largest absolute Gasteiger partial charge is 0.497 e. The minimum absolute atomic E-state index is 0.336. The lowest BCUT2D eigenvalue weighted by Crippen LogP contribution is -2.04. The summed E-state index contributed by atoms with van der Waals surface area (Å²) in [6, 6.07) is 13.1.